The van der Waals surface area contributed by atoms with E-state index < -0.39 is 11.6 Å². The van der Waals surface area contributed by atoms with E-state index in [-0.39, 0.29) is 6.61 Å². The summed E-state index contributed by atoms with van der Waals surface area (Å²) in [5.74, 6) is 0.180. The fraction of sp³-hybridized carbons (Fsp3) is 0.545. The Morgan fingerprint density at radius 2 is 0.729 bits per heavy atom. The molecule has 328 valence electrons. The Hall–Kier alpha value is -3.56. The molecule has 0 N–H and O–H groups in total. The SMILES string of the molecule is CC(C)=CCC/C(C)=C/CC/C(C)=C/CC/C(C)=C/CC/C(C)=C/CC/C(C)=C/CC/C(C)=C/CC/C(C)=C/CC/C(C)=C/COC(=O)C(C)(C)Oc1ccc(Cl)cc1. The maximum absolute atomic E-state index is 12.6. The first-order valence-electron chi connectivity index (χ1n) is 22.5. The fourth-order valence-electron chi connectivity index (χ4n) is 6.50. The highest BCUT2D eigenvalue weighted by Gasteiger charge is 2.31. The van der Waals surface area contributed by atoms with E-state index in [9.17, 15) is 4.79 Å². The van der Waals surface area contributed by atoms with Crippen molar-refractivity contribution in [2.24, 2.45) is 0 Å². The molecule has 59 heavy (non-hydrogen) atoms. The largest absolute Gasteiger partial charge is 0.476 e. The number of rotatable bonds is 29. The Kier molecular flexibility index (Phi) is 28.4. The molecular formula is C55H83ClO3. The summed E-state index contributed by atoms with van der Waals surface area (Å²) < 4.78 is 11.3. The molecule has 0 spiro atoms. The molecule has 1 rings (SSSR count). The van der Waals surface area contributed by atoms with Crippen LogP contribution in [0.1, 0.15) is 186 Å². The van der Waals surface area contributed by atoms with Crippen LogP contribution in [-0.4, -0.2) is 18.2 Å². The highest BCUT2D eigenvalue weighted by Crippen LogP contribution is 2.22. The maximum Gasteiger partial charge on any atom is 0.350 e. The molecule has 1 aromatic carbocycles. The molecule has 4 heteroatoms. The van der Waals surface area contributed by atoms with Crippen molar-refractivity contribution in [1.29, 1.82) is 0 Å². The van der Waals surface area contributed by atoms with Crippen molar-refractivity contribution in [1.82, 2.24) is 0 Å². The van der Waals surface area contributed by atoms with Crippen molar-refractivity contribution >= 4 is 17.6 Å². The summed E-state index contributed by atoms with van der Waals surface area (Å²) in [5.41, 5.74) is 12.0. The fourth-order valence-corrected chi connectivity index (χ4v) is 6.63. The lowest BCUT2D eigenvalue weighted by Gasteiger charge is -2.24. The monoisotopic (exact) mass is 827 g/mol. The van der Waals surface area contributed by atoms with Gasteiger partial charge in [-0.05, 0) is 216 Å². The second-order valence-corrected chi connectivity index (χ2v) is 18.1. The van der Waals surface area contributed by atoms with Crippen LogP contribution in [0.3, 0.4) is 0 Å². The summed E-state index contributed by atoms with van der Waals surface area (Å²) in [6.45, 7) is 26.0. The van der Waals surface area contributed by atoms with Gasteiger partial charge in [-0.3, -0.25) is 0 Å². The summed E-state index contributed by atoms with van der Waals surface area (Å²) in [5, 5.41) is 0.621. The number of allylic oxidation sites excluding steroid dienone is 17. The van der Waals surface area contributed by atoms with Gasteiger partial charge in [-0.25, -0.2) is 4.79 Å². The van der Waals surface area contributed by atoms with E-state index in [2.05, 4.69) is 118 Å². The number of carbonyl (C=O) groups excluding carboxylic acids is 1. The molecule has 0 amide bonds. The normalized spacial score (nSPS) is 14.2. The Labute approximate surface area is 368 Å². The lowest BCUT2D eigenvalue weighted by molar-refractivity contribution is -0.158. The van der Waals surface area contributed by atoms with Crippen LogP contribution in [0.15, 0.2) is 129 Å². The van der Waals surface area contributed by atoms with Gasteiger partial charge in [-0.1, -0.05) is 110 Å². The first-order chi connectivity index (χ1) is 28.0. The van der Waals surface area contributed by atoms with Crippen LogP contribution in [0, 0.1) is 0 Å². The number of carbonyl (C=O) groups is 1. The standard InChI is InChI=1S/C55H83ClO3/c1-43(2)21-13-22-44(3)23-14-24-45(4)25-15-26-46(5)27-16-28-47(6)29-17-30-48(7)31-18-32-49(8)33-19-34-50(9)35-20-36-51(10)41-42-58-54(57)55(11,12)59-53-39-37-52(56)38-40-53/h21,23,25,27,29,31,33,35,37-41H,13-20,22,24,26,28,30,32,34,36,42H2,1-12H3/b44-23+,45-25+,46-27+,47-29+,48-31+,49-33+,50-35+,51-41+. The number of benzene rings is 1. The number of halogens is 1. The van der Waals surface area contributed by atoms with Gasteiger partial charge in [0.05, 0.1) is 0 Å². The molecule has 0 aliphatic carbocycles. The topological polar surface area (TPSA) is 35.5 Å². The van der Waals surface area contributed by atoms with Crippen molar-refractivity contribution in [2.45, 2.75) is 191 Å². The second kappa shape index (κ2) is 31.3. The zero-order chi connectivity index (χ0) is 44.1. The van der Waals surface area contributed by atoms with Crippen LogP contribution in [-0.2, 0) is 9.53 Å². The molecule has 0 aliphatic heterocycles. The lowest BCUT2D eigenvalue weighted by atomic mass is 10.0. The van der Waals surface area contributed by atoms with E-state index in [4.69, 9.17) is 21.1 Å². The summed E-state index contributed by atoms with van der Waals surface area (Å²) in [6.07, 6.45) is 39.2. The highest BCUT2D eigenvalue weighted by molar-refractivity contribution is 6.30. The molecule has 0 unspecified atom stereocenters. The Morgan fingerprint density at radius 3 is 1.02 bits per heavy atom. The summed E-state index contributed by atoms with van der Waals surface area (Å²) in [6, 6.07) is 6.96. The molecule has 0 fully saturated rings. The third kappa shape index (κ3) is 29.3. The summed E-state index contributed by atoms with van der Waals surface area (Å²) >= 11 is 5.94. The summed E-state index contributed by atoms with van der Waals surface area (Å²) in [4.78, 5) is 12.6. The molecule has 0 heterocycles. The number of esters is 1. The zero-order valence-corrected chi connectivity index (χ0v) is 40.4. The predicted molar refractivity (Wildman–Crippen MR) is 260 cm³/mol. The smallest absolute Gasteiger partial charge is 0.350 e. The average Bonchev–Trinajstić information content (AvgIpc) is 3.15. The summed E-state index contributed by atoms with van der Waals surface area (Å²) in [7, 11) is 0. The second-order valence-electron chi connectivity index (χ2n) is 17.7. The minimum atomic E-state index is -1.09. The van der Waals surface area contributed by atoms with Crippen LogP contribution in [0.5, 0.6) is 5.75 Å². The van der Waals surface area contributed by atoms with Crippen molar-refractivity contribution in [2.75, 3.05) is 6.61 Å². The van der Waals surface area contributed by atoms with E-state index in [1.807, 2.05) is 6.08 Å². The van der Waals surface area contributed by atoms with Gasteiger partial charge < -0.3 is 9.47 Å². The molecule has 0 bridgehead atoms. The zero-order valence-electron chi connectivity index (χ0n) is 39.6. The van der Waals surface area contributed by atoms with Crippen LogP contribution in [0.4, 0.5) is 0 Å². The van der Waals surface area contributed by atoms with Crippen molar-refractivity contribution < 1.29 is 14.3 Å². The van der Waals surface area contributed by atoms with Gasteiger partial charge in [0.2, 0.25) is 0 Å². The van der Waals surface area contributed by atoms with Crippen LogP contribution < -0.4 is 4.74 Å². The molecular weight excluding hydrogens is 744 g/mol. The first-order valence-corrected chi connectivity index (χ1v) is 22.8. The van der Waals surface area contributed by atoms with E-state index in [0.717, 1.165) is 83.5 Å². The van der Waals surface area contributed by atoms with Crippen LogP contribution in [0.25, 0.3) is 0 Å². The van der Waals surface area contributed by atoms with Gasteiger partial charge in [0.1, 0.15) is 12.4 Å². The molecule has 0 atom stereocenters. The minimum Gasteiger partial charge on any atom is -0.476 e. The van der Waals surface area contributed by atoms with Gasteiger partial charge in [0.15, 0.2) is 5.60 Å². The van der Waals surface area contributed by atoms with Crippen molar-refractivity contribution in [3.63, 3.8) is 0 Å². The van der Waals surface area contributed by atoms with Gasteiger partial charge >= 0.3 is 5.97 Å². The van der Waals surface area contributed by atoms with Crippen molar-refractivity contribution in [3.8, 4) is 5.75 Å². The van der Waals surface area contributed by atoms with Gasteiger partial charge in [-0.2, -0.15) is 0 Å². The van der Waals surface area contributed by atoms with Crippen LogP contribution >= 0.6 is 11.6 Å². The number of hydrogen-bond acceptors (Lipinski definition) is 3. The molecule has 3 nitrogen and oxygen atoms in total. The Bertz CT molecular complexity index is 1660. The van der Waals surface area contributed by atoms with E-state index >= 15 is 0 Å². The van der Waals surface area contributed by atoms with Gasteiger partial charge in [0, 0.05) is 5.02 Å². The quantitative estimate of drug-likeness (QED) is 0.0596. The molecule has 0 radical (unpaired) electrons. The average molecular weight is 828 g/mol. The predicted octanol–water partition coefficient (Wildman–Crippen LogP) is 17.8. The Morgan fingerprint density at radius 1 is 0.458 bits per heavy atom. The first kappa shape index (κ1) is 53.5. The number of ether oxygens (including phenoxy) is 2. The molecule has 0 saturated carbocycles. The van der Waals surface area contributed by atoms with Crippen LogP contribution in [0.2, 0.25) is 5.02 Å². The third-order valence-electron chi connectivity index (χ3n) is 10.6. The van der Waals surface area contributed by atoms with Crippen molar-refractivity contribution in [3.05, 3.63) is 134 Å². The maximum atomic E-state index is 12.6. The molecule has 0 aromatic heterocycles. The highest BCUT2D eigenvalue weighted by atomic mass is 35.5. The Balaban J connectivity index is 2.25. The molecule has 0 saturated heterocycles. The van der Waals surface area contributed by atoms with Gasteiger partial charge in [0.25, 0.3) is 0 Å². The lowest BCUT2D eigenvalue weighted by Crippen LogP contribution is -2.39. The van der Waals surface area contributed by atoms with E-state index in [1.54, 1.807) is 38.1 Å². The minimum absolute atomic E-state index is 0.240. The van der Waals surface area contributed by atoms with E-state index in [1.165, 1.54) is 69.4 Å². The van der Waals surface area contributed by atoms with Gasteiger partial charge in [-0.15, -0.1) is 0 Å². The third-order valence-corrected chi connectivity index (χ3v) is 10.9. The van der Waals surface area contributed by atoms with E-state index in [0.29, 0.717) is 10.8 Å². The molecule has 1 aromatic rings. The molecule has 0 aliphatic rings. The number of hydrogen-bond donors (Lipinski definition) is 0.